The van der Waals surface area contributed by atoms with Gasteiger partial charge in [-0.2, -0.15) is 4.79 Å². The quantitative estimate of drug-likeness (QED) is 0.182. The van der Waals surface area contributed by atoms with Crippen molar-refractivity contribution in [2.75, 3.05) is 0 Å². The number of hydrogen-bond donors (Lipinski definition) is 0. The summed E-state index contributed by atoms with van der Waals surface area (Å²) in [5.41, 5.74) is 0. The van der Waals surface area contributed by atoms with Gasteiger partial charge in [0.25, 0.3) is 15.0 Å². The van der Waals surface area contributed by atoms with E-state index in [2.05, 4.69) is 0 Å². The van der Waals surface area contributed by atoms with Gasteiger partial charge in [-0.25, -0.2) is 0 Å². The molecule has 0 heterocycles. The molecule has 0 aliphatic heterocycles. The first-order valence-corrected chi connectivity index (χ1v) is 17.2. The molecule has 0 aromatic heterocycles. The molecule has 0 saturated heterocycles. The van der Waals surface area contributed by atoms with Crippen molar-refractivity contribution in [1.29, 1.82) is 0 Å². The number of hydrogen-bond acceptors (Lipinski definition) is 3. The van der Waals surface area contributed by atoms with Crippen LogP contribution >= 0.6 is 15.0 Å². The van der Waals surface area contributed by atoms with Crippen LogP contribution in [0.4, 0.5) is 4.79 Å². The highest BCUT2D eigenvalue weighted by atomic mass is 31.2. The maximum Gasteiger partial charge on any atom is 0.587 e. The lowest BCUT2D eigenvalue weighted by Gasteiger charge is -2.27. The Morgan fingerprint density at radius 2 is 0.476 bits per heavy atom. The van der Waals surface area contributed by atoms with Crippen molar-refractivity contribution in [3.8, 4) is 0 Å². The summed E-state index contributed by atoms with van der Waals surface area (Å²) in [4.78, 5) is 14.5. The van der Waals surface area contributed by atoms with Gasteiger partial charge in [-0.3, -0.25) is 9.05 Å². The van der Waals surface area contributed by atoms with Crippen molar-refractivity contribution >= 4 is 53.0 Å². The topological polar surface area (TPSA) is 35.5 Å². The minimum Gasteiger partial charge on any atom is -0.254 e. The number of rotatable bonds is 8. The van der Waals surface area contributed by atoms with Crippen molar-refractivity contribution in [3.05, 3.63) is 182 Å². The van der Waals surface area contributed by atoms with Crippen molar-refractivity contribution < 1.29 is 13.8 Å². The van der Waals surface area contributed by atoms with Crippen LogP contribution < -0.4 is 31.8 Å². The van der Waals surface area contributed by atoms with E-state index in [0.717, 1.165) is 31.8 Å². The molecule has 3 nitrogen and oxygen atoms in total. The van der Waals surface area contributed by atoms with E-state index in [0.29, 0.717) is 0 Å². The van der Waals surface area contributed by atoms with E-state index in [4.69, 9.17) is 9.05 Å². The van der Waals surface area contributed by atoms with E-state index in [-0.39, 0.29) is 0 Å². The molecule has 204 valence electrons. The summed E-state index contributed by atoms with van der Waals surface area (Å²) < 4.78 is 13.6. The summed E-state index contributed by atoms with van der Waals surface area (Å²) in [6.07, 6.45) is -0.704. The van der Waals surface area contributed by atoms with Gasteiger partial charge in [0.15, 0.2) is 0 Å². The predicted molar refractivity (Wildman–Crippen MR) is 178 cm³/mol. The van der Waals surface area contributed by atoms with Crippen LogP contribution in [0.3, 0.4) is 0 Å². The fraction of sp³-hybridized carbons (Fsp3) is 0. The summed E-state index contributed by atoms with van der Waals surface area (Å²) in [5, 5.41) is 5.60. The molecule has 0 aliphatic carbocycles. The Morgan fingerprint density at radius 3 is 0.643 bits per heavy atom. The molecule has 0 spiro atoms. The van der Waals surface area contributed by atoms with Gasteiger partial charge in [0, 0.05) is 0 Å². The van der Waals surface area contributed by atoms with Crippen molar-refractivity contribution in [3.63, 3.8) is 0 Å². The van der Waals surface area contributed by atoms with Crippen molar-refractivity contribution in [2.24, 2.45) is 0 Å². The largest absolute Gasteiger partial charge is 0.587 e. The lowest BCUT2D eigenvalue weighted by molar-refractivity contribution is 0.162. The van der Waals surface area contributed by atoms with E-state index in [1.54, 1.807) is 0 Å². The third-order valence-electron chi connectivity index (χ3n) is 7.14. The van der Waals surface area contributed by atoms with Crippen LogP contribution in [0.2, 0.25) is 0 Å². The van der Waals surface area contributed by atoms with Crippen LogP contribution in [0, 0.1) is 0 Å². The molecule has 6 aromatic rings. The zero-order valence-electron chi connectivity index (χ0n) is 22.9. The summed E-state index contributed by atoms with van der Waals surface area (Å²) >= 11 is 0. The minimum atomic E-state index is -2.93. The maximum atomic E-state index is 14.5. The van der Waals surface area contributed by atoms with E-state index < -0.39 is 21.1 Å². The lowest BCUT2D eigenvalue weighted by atomic mass is 10.4. The molecule has 0 saturated carbocycles. The van der Waals surface area contributed by atoms with Crippen molar-refractivity contribution in [1.82, 2.24) is 0 Å². The molecule has 6 rings (SSSR count). The van der Waals surface area contributed by atoms with Gasteiger partial charge in [0.05, 0.1) is 0 Å². The second kappa shape index (κ2) is 12.5. The average molecular weight is 585 g/mol. The average Bonchev–Trinajstić information content (AvgIpc) is 3.08. The molecule has 0 radical (unpaired) electrons. The van der Waals surface area contributed by atoms with Gasteiger partial charge >= 0.3 is 6.16 Å². The van der Waals surface area contributed by atoms with Crippen LogP contribution in [0.5, 0.6) is 0 Å². The zero-order valence-corrected chi connectivity index (χ0v) is 24.7. The molecule has 42 heavy (non-hydrogen) atoms. The van der Waals surface area contributed by atoms with E-state index in [1.165, 1.54) is 0 Å². The summed E-state index contributed by atoms with van der Waals surface area (Å²) in [6.45, 7) is 0. The highest BCUT2D eigenvalue weighted by Gasteiger charge is 2.57. The Balaban J connectivity index is 1.55. The Morgan fingerprint density at radius 1 is 0.310 bits per heavy atom. The standard InChI is InChI=1S/C37H30O3P2/c38-37(39-41(31-19-7-1-8-20-31,32-21-9-2-10-22-32)33-23-11-3-12-24-33)40-42(34-25-13-4-14-26-34,35-27-15-5-16-28-35)36-29-17-6-18-30-36/h1-30H/q+2. The van der Waals surface area contributed by atoms with Crippen molar-refractivity contribution in [2.45, 2.75) is 0 Å². The first kappa shape index (κ1) is 27.6. The Kier molecular flexibility index (Phi) is 8.24. The molecular weight excluding hydrogens is 554 g/mol. The van der Waals surface area contributed by atoms with E-state index in [9.17, 15) is 4.79 Å². The first-order valence-electron chi connectivity index (χ1n) is 13.8. The Labute approximate surface area is 248 Å². The minimum absolute atomic E-state index is 0.704. The number of carbonyl (C=O) groups excluding carboxylic acids is 1. The van der Waals surface area contributed by atoms with Crippen LogP contribution in [0.1, 0.15) is 0 Å². The van der Waals surface area contributed by atoms with Gasteiger partial charge in [0.1, 0.15) is 31.8 Å². The molecule has 0 fully saturated rings. The van der Waals surface area contributed by atoms with Crippen LogP contribution in [-0.4, -0.2) is 6.16 Å². The summed E-state index contributed by atoms with van der Waals surface area (Å²) in [5.74, 6) is 0. The van der Waals surface area contributed by atoms with Crippen LogP contribution in [-0.2, 0) is 9.05 Å². The van der Waals surface area contributed by atoms with Gasteiger partial charge in [-0.05, 0) is 72.8 Å². The Bertz CT molecular complexity index is 1390. The first-order chi connectivity index (χ1) is 20.7. The van der Waals surface area contributed by atoms with Gasteiger partial charge in [-0.15, -0.1) is 0 Å². The fourth-order valence-electron chi connectivity index (χ4n) is 5.28. The zero-order chi connectivity index (χ0) is 28.7. The molecule has 0 atom stereocenters. The SMILES string of the molecule is O=C(O[P+](c1ccccc1)(c1ccccc1)c1ccccc1)O[P+](c1ccccc1)(c1ccccc1)c1ccccc1. The van der Waals surface area contributed by atoms with Gasteiger partial charge in [-0.1, -0.05) is 109 Å². The molecular formula is C37H30O3P2+2. The van der Waals surface area contributed by atoms with Gasteiger partial charge in [0.2, 0.25) is 0 Å². The van der Waals surface area contributed by atoms with Crippen LogP contribution in [0.25, 0.3) is 0 Å². The maximum absolute atomic E-state index is 14.5. The summed E-state index contributed by atoms with van der Waals surface area (Å²) in [7, 11) is -5.85. The molecule has 0 N–H and O–H groups in total. The van der Waals surface area contributed by atoms with E-state index in [1.807, 2.05) is 182 Å². The smallest absolute Gasteiger partial charge is 0.254 e. The van der Waals surface area contributed by atoms with Gasteiger partial charge < -0.3 is 0 Å². The third-order valence-corrected chi connectivity index (χ3v) is 14.1. The van der Waals surface area contributed by atoms with E-state index >= 15 is 0 Å². The normalized spacial score (nSPS) is 11.4. The molecule has 0 bridgehead atoms. The molecule has 0 unspecified atom stereocenters. The monoisotopic (exact) mass is 584 g/mol. The number of carbonyl (C=O) groups is 1. The lowest BCUT2D eigenvalue weighted by Crippen LogP contribution is -2.37. The third kappa shape index (κ3) is 5.26. The highest BCUT2D eigenvalue weighted by Crippen LogP contribution is 2.61. The molecule has 0 amide bonds. The predicted octanol–water partition coefficient (Wildman–Crippen LogP) is 6.96. The second-order valence-electron chi connectivity index (χ2n) is 9.66. The second-order valence-corrected chi connectivity index (χ2v) is 15.6. The van der Waals surface area contributed by atoms with Crippen LogP contribution in [0.15, 0.2) is 182 Å². The molecule has 0 aliphatic rings. The highest BCUT2D eigenvalue weighted by molar-refractivity contribution is 7.93. The molecule has 6 aromatic carbocycles. The fourth-order valence-corrected chi connectivity index (χ4v) is 11.8. The molecule has 5 heteroatoms. The summed E-state index contributed by atoms with van der Waals surface area (Å²) in [6, 6.07) is 60.1. The number of benzene rings is 6. The Hall–Kier alpha value is -4.55.